The van der Waals surface area contributed by atoms with Gasteiger partial charge in [-0.25, -0.2) is 4.39 Å². The summed E-state index contributed by atoms with van der Waals surface area (Å²) in [5, 5.41) is 2.87. The van der Waals surface area contributed by atoms with Crippen LogP contribution in [0.3, 0.4) is 0 Å². The van der Waals surface area contributed by atoms with Crippen LogP contribution >= 0.6 is 25.3 Å². The number of rotatable bonds is 13. The van der Waals surface area contributed by atoms with Crippen molar-refractivity contribution in [3.05, 3.63) is 41.2 Å². The topological polar surface area (TPSA) is 52.7 Å². The molecule has 0 aromatic heterocycles. The van der Waals surface area contributed by atoms with Gasteiger partial charge in [-0.05, 0) is 55.5 Å². The smallest absolute Gasteiger partial charge is 0.234 e. The molecule has 2 aliphatic rings. The molecule has 2 atom stereocenters. The third kappa shape index (κ3) is 6.84. The molecule has 2 aliphatic heterocycles. The third-order valence-electron chi connectivity index (χ3n) is 6.66. The molecule has 0 spiro atoms. The van der Waals surface area contributed by atoms with Gasteiger partial charge in [0.15, 0.2) is 5.78 Å². The summed E-state index contributed by atoms with van der Waals surface area (Å²) in [5.74, 6) is 1.29. The lowest BCUT2D eigenvalue weighted by molar-refractivity contribution is -0.122. The van der Waals surface area contributed by atoms with Crippen molar-refractivity contribution in [3.8, 4) is 0 Å². The van der Waals surface area contributed by atoms with Crippen molar-refractivity contribution in [1.82, 2.24) is 15.1 Å². The molecule has 5 nitrogen and oxygen atoms in total. The first-order valence-electron chi connectivity index (χ1n) is 12.0. The summed E-state index contributed by atoms with van der Waals surface area (Å²) in [6.07, 6.45) is 4.30. The molecule has 0 radical (unpaired) electrons. The molecule has 1 aromatic carbocycles. The van der Waals surface area contributed by atoms with E-state index in [-0.39, 0.29) is 23.5 Å². The van der Waals surface area contributed by atoms with E-state index in [9.17, 15) is 14.0 Å². The van der Waals surface area contributed by atoms with Crippen LogP contribution in [0.25, 0.3) is 5.57 Å². The quantitative estimate of drug-likeness (QED) is 0.369. The molecule has 1 fully saturated rings. The lowest BCUT2D eigenvalue weighted by Crippen LogP contribution is -2.45. The molecule has 1 N–H and O–H groups in total. The zero-order chi connectivity index (χ0) is 23.8. The summed E-state index contributed by atoms with van der Waals surface area (Å²) in [6, 6.07) is 7.10. The molecule has 33 heavy (non-hydrogen) atoms. The maximum atomic E-state index is 13.5. The Bertz CT molecular complexity index is 847. The van der Waals surface area contributed by atoms with Crippen molar-refractivity contribution in [2.24, 2.45) is 0 Å². The van der Waals surface area contributed by atoms with Gasteiger partial charge in [-0.15, -0.1) is 0 Å². The van der Waals surface area contributed by atoms with Crippen LogP contribution in [0.5, 0.6) is 0 Å². The minimum absolute atomic E-state index is 0.0200. The van der Waals surface area contributed by atoms with Crippen molar-refractivity contribution in [2.75, 3.05) is 44.2 Å². The fraction of sp³-hybridized carbons (Fsp3) is 0.600. The molecule has 0 aliphatic carbocycles. The Morgan fingerprint density at radius 1 is 1.15 bits per heavy atom. The first kappa shape index (κ1) is 26.3. The van der Waals surface area contributed by atoms with Crippen LogP contribution in [0.2, 0.25) is 0 Å². The van der Waals surface area contributed by atoms with Crippen LogP contribution in [0.4, 0.5) is 4.39 Å². The first-order valence-corrected chi connectivity index (χ1v) is 13.2. The van der Waals surface area contributed by atoms with Gasteiger partial charge in [0.2, 0.25) is 5.91 Å². The number of benzene rings is 1. The van der Waals surface area contributed by atoms with Gasteiger partial charge in [-0.2, -0.15) is 25.3 Å². The number of Topliss-reactive ketones (excluding diaryl/α,β-unsaturated/α-hetero) is 1. The standard InChI is InChI=1S/C25H36FN3O2S2/c1-2-23(30)25-21(18-4-6-19(26)7-5-18)16-20-8-9-22(25)29(20)12-3-11-28(13-15-33)17-24(31)27-10-14-32/h4-7,20,22,32-33H,2-3,8-17H2,1H3,(H,27,31)/t20?,22-/m1/s1. The van der Waals surface area contributed by atoms with E-state index in [0.717, 1.165) is 62.0 Å². The Morgan fingerprint density at radius 2 is 1.91 bits per heavy atom. The molecule has 1 amide bonds. The Kier molecular flexibility index (Phi) is 10.3. The molecule has 1 aromatic rings. The number of fused-ring (bicyclic) bond motifs is 2. The normalized spacial score (nSPS) is 20.5. The van der Waals surface area contributed by atoms with Crippen molar-refractivity contribution in [3.63, 3.8) is 0 Å². The van der Waals surface area contributed by atoms with Gasteiger partial charge in [-0.1, -0.05) is 19.1 Å². The number of carbonyl (C=O) groups excluding carboxylic acids is 2. The number of halogens is 1. The third-order valence-corrected chi connectivity index (χ3v) is 7.09. The van der Waals surface area contributed by atoms with E-state index in [2.05, 4.69) is 40.4 Å². The monoisotopic (exact) mass is 493 g/mol. The van der Waals surface area contributed by atoms with E-state index >= 15 is 0 Å². The van der Waals surface area contributed by atoms with E-state index in [1.54, 1.807) is 12.1 Å². The second kappa shape index (κ2) is 12.9. The van der Waals surface area contributed by atoms with Gasteiger partial charge < -0.3 is 5.32 Å². The number of hydrogen-bond donors (Lipinski definition) is 3. The number of nitrogens with zero attached hydrogens (tertiary/aromatic N) is 2. The largest absolute Gasteiger partial charge is 0.354 e. The highest BCUT2D eigenvalue weighted by atomic mass is 32.1. The lowest BCUT2D eigenvalue weighted by Gasteiger charge is -2.38. The Labute approximate surface area is 208 Å². The molecule has 2 heterocycles. The predicted octanol–water partition coefficient (Wildman–Crippen LogP) is 3.46. The van der Waals surface area contributed by atoms with E-state index in [0.29, 0.717) is 37.1 Å². The van der Waals surface area contributed by atoms with Crippen LogP contribution in [0.15, 0.2) is 29.8 Å². The van der Waals surface area contributed by atoms with Crippen LogP contribution in [0, 0.1) is 5.82 Å². The zero-order valence-corrected chi connectivity index (χ0v) is 21.2. The number of amides is 1. The van der Waals surface area contributed by atoms with E-state index < -0.39 is 0 Å². The van der Waals surface area contributed by atoms with Crippen molar-refractivity contribution in [1.29, 1.82) is 0 Å². The van der Waals surface area contributed by atoms with Gasteiger partial charge >= 0.3 is 0 Å². The van der Waals surface area contributed by atoms with Crippen LogP contribution in [-0.2, 0) is 9.59 Å². The number of thiol groups is 2. The molecular weight excluding hydrogens is 457 g/mol. The van der Waals surface area contributed by atoms with Crippen LogP contribution < -0.4 is 5.32 Å². The van der Waals surface area contributed by atoms with Crippen LogP contribution in [0.1, 0.15) is 44.6 Å². The van der Waals surface area contributed by atoms with Gasteiger partial charge in [0, 0.05) is 55.2 Å². The Balaban J connectivity index is 1.68. The summed E-state index contributed by atoms with van der Waals surface area (Å²) in [4.78, 5) is 29.8. The van der Waals surface area contributed by atoms with Gasteiger partial charge in [0.1, 0.15) is 5.82 Å². The summed E-state index contributed by atoms with van der Waals surface area (Å²) < 4.78 is 13.5. The van der Waals surface area contributed by atoms with E-state index in [4.69, 9.17) is 0 Å². The molecule has 182 valence electrons. The molecule has 0 saturated carbocycles. The number of hydrogen-bond acceptors (Lipinski definition) is 6. The number of nitrogens with one attached hydrogen (secondary N) is 1. The van der Waals surface area contributed by atoms with E-state index in [1.165, 1.54) is 12.1 Å². The SMILES string of the molecule is CCC(=O)C1=C(c2ccc(F)cc2)CC2CC[C@H]1N2CCCN(CCS)CC(=O)NCCS. The highest BCUT2D eigenvalue weighted by molar-refractivity contribution is 7.80. The Hall–Kier alpha value is -1.35. The average Bonchev–Trinajstić information content (AvgIpc) is 3.08. The highest BCUT2D eigenvalue weighted by Gasteiger charge is 2.42. The summed E-state index contributed by atoms with van der Waals surface area (Å²) in [7, 11) is 0. The minimum Gasteiger partial charge on any atom is -0.354 e. The van der Waals surface area contributed by atoms with Crippen molar-refractivity contribution < 1.29 is 14.0 Å². The molecule has 8 heteroatoms. The highest BCUT2D eigenvalue weighted by Crippen LogP contribution is 2.43. The summed E-state index contributed by atoms with van der Waals surface area (Å²) in [6.45, 7) is 5.33. The lowest BCUT2D eigenvalue weighted by atomic mass is 9.85. The summed E-state index contributed by atoms with van der Waals surface area (Å²) in [5.41, 5.74) is 3.00. The van der Waals surface area contributed by atoms with Crippen molar-refractivity contribution >= 4 is 42.5 Å². The Morgan fingerprint density at radius 3 is 2.58 bits per heavy atom. The summed E-state index contributed by atoms with van der Waals surface area (Å²) >= 11 is 8.48. The molecule has 2 bridgehead atoms. The number of ketones is 1. The fourth-order valence-corrected chi connectivity index (χ4v) is 5.56. The second-order valence-corrected chi connectivity index (χ2v) is 9.69. The molecule has 1 saturated heterocycles. The fourth-order valence-electron chi connectivity index (χ4n) is 5.16. The van der Waals surface area contributed by atoms with Gasteiger partial charge in [0.05, 0.1) is 6.54 Å². The second-order valence-electron chi connectivity index (χ2n) is 8.79. The van der Waals surface area contributed by atoms with Gasteiger partial charge in [-0.3, -0.25) is 19.4 Å². The minimum atomic E-state index is -0.256. The maximum Gasteiger partial charge on any atom is 0.234 e. The van der Waals surface area contributed by atoms with Crippen molar-refractivity contribution in [2.45, 2.75) is 51.1 Å². The average molecular weight is 494 g/mol. The predicted molar refractivity (Wildman–Crippen MR) is 139 cm³/mol. The van der Waals surface area contributed by atoms with Gasteiger partial charge in [0.25, 0.3) is 0 Å². The zero-order valence-electron chi connectivity index (χ0n) is 19.4. The number of carbonyl (C=O) groups is 2. The molecule has 3 rings (SSSR count). The first-order chi connectivity index (χ1) is 16.0. The van der Waals surface area contributed by atoms with Crippen LogP contribution in [-0.4, -0.2) is 77.8 Å². The molecule has 1 unspecified atom stereocenters. The van der Waals surface area contributed by atoms with E-state index in [1.807, 2.05) is 6.92 Å². The maximum absolute atomic E-state index is 13.5. The molecular formula is C25H36FN3O2S2.